The van der Waals surface area contributed by atoms with E-state index < -0.39 is 0 Å². The second-order valence-corrected chi connectivity index (χ2v) is 6.78. The van der Waals surface area contributed by atoms with Gasteiger partial charge in [-0.25, -0.2) is 18.3 Å². The summed E-state index contributed by atoms with van der Waals surface area (Å²) in [4.78, 5) is 0. The first-order valence-electron chi connectivity index (χ1n) is 9.75. The number of aromatic nitrogens is 4. The molecule has 26 heavy (non-hydrogen) atoms. The van der Waals surface area contributed by atoms with E-state index in [9.17, 15) is 0 Å². The van der Waals surface area contributed by atoms with Crippen molar-refractivity contribution in [2.75, 3.05) is 0 Å². The number of nitrogens with zero attached hydrogens (tertiary/aromatic N) is 4. The minimum absolute atomic E-state index is 0.987. The van der Waals surface area contributed by atoms with Gasteiger partial charge >= 0.3 is 0 Å². The number of aryl methyl sites for hydroxylation is 4. The number of rotatable bonds is 5. The molecular formula is C22H28N4+2. The summed E-state index contributed by atoms with van der Waals surface area (Å²) in [6, 6.07) is 13.7. The Morgan fingerprint density at radius 3 is 1.42 bits per heavy atom. The van der Waals surface area contributed by atoms with E-state index in [1.54, 1.807) is 0 Å². The van der Waals surface area contributed by atoms with Gasteiger partial charge in [-0.05, 0) is 75.2 Å². The Bertz CT molecular complexity index is 997. The van der Waals surface area contributed by atoms with Crippen LogP contribution in [0.4, 0.5) is 0 Å². The van der Waals surface area contributed by atoms with Crippen LogP contribution in [-0.2, 0) is 26.2 Å². The third kappa shape index (κ3) is 2.52. The Kier molecular flexibility index (Phi) is 4.27. The maximum atomic E-state index is 2.33. The number of hydrogen-bond donors (Lipinski definition) is 0. The van der Waals surface area contributed by atoms with Crippen LogP contribution in [0.1, 0.15) is 27.7 Å². The number of fused-ring (bicyclic) bond motifs is 2. The maximum Gasteiger partial charge on any atom is 0.244 e. The average molecular weight is 348 g/mol. The molecule has 4 rings (SSSR count). The Labute approximate surface area is 154 Å². The highest BCUT2D eigenvalue weighted by Crippen LogP contribution is 2.26. The van der Waals surface area contributed by atoms with Gasteiger partial charge in [0.2, 0.25) is 12.7 Å². The summed E-state index contributed by atoms with van der Waals surface area (Å²) in [7, 11) is 0. The third-order valence-electron chi connectivity index (χ3n) is 5.44. The fourth-order valence-electron chi connectivity index (χ4n) is 3.95. The molecule has 0 fully saturated rings. The molecule has 0 aliphatic heterocycles. The SMILES string of the molecule is CCn1c[n+](CC)c2ccc(-c3ccc4c(c3)n(CC)c[n+]4CC)cc21. The summed E-state index contributed by atoms with van der Waals surface area (Å²) in [5, 5.41) is 0. The van der Waals surface area contributed by atoms with Crippen molar-refractivity contribution in [2.45, 2.75) is 53.9 Å². The molecule has 0 saturated heterocycles. The van der Waals surface area contributed by atoms with Gasteiger partial charge in [0.05, 0.1) is 26.2 Å². The van der Waals surface area contributed by atoms with E-state index in [1.165, 1.54) is 33.2 Å². The van der Waals surface area contributed by atoms with E-state index in [0.717, 1.165) is 26.2 Å². The van der Waals surface area contributed by atoms with Crippen molar-refractivity contribution in [3.8, 4) is 11.1 Å². The molecule has 2 aromatic carbocycles. The molecule has 2 heterocycles. The van der Waals surface area contributed by atoms with Crippen molar-refractivity contribution < 1.29 is 9.13 Å². The van der Waals surface area contributed by atoms with E-state index in [1.807, 2.05) is 0 Å². The van der Waals surface area contributed by atoms with Gasteiger partial charge < -0.3 is 0 Å². The van der Waals surface area contributed by atoms with Crippen molar-refractivity contribution in [1.82, 2.24) is 9.13 Å². The summed E-state index contributed by atoms with van der Waals surface area (Å²) in [6.45, 7) is 12.8. The first-order valence-corrected chi connectivity index (χ1v) is 9.75. The Hall–Kier alpha value is -2.62. The molecule has 134 valence electrons. The van der Waals surface area contributed by atoms with Crippen LogP contribution in [0.15, 0.2) is 49.1 Å². The Morgan fingerprint density at radius 2 is 1.08 bits per heavy atom. The number of hydrogen-bond acceptors (Lipinski definition) is 0. The normalized spacial score (nSPS) is 11.7. The molecule has 0 bridgehead atoms. The Balaban J connectivity index is 1.89. The molecule has 0 aliphatic rings. The first kappa shape index (κ1) is 16.8. The molecule has 4 nitrogen and oxygen atoms in total. The highest BCUT2D eigenvalue weighted by atomic mass is 15.1. The third-order valence-corrected chi connectivity index (χ3v) is 5.44. The molecular weight excluding hydrogens is 320 g/mol. The van der Waals surface area contributed by atoms with Gasteiger partial charge in [-0.1, -0.05) is 0 Å². The van der Waals surface area contributed by atoms with Crippen LogP contribution in [0.2, 0.25) is 0 Å². The molecule has 0 amide bonds. The van der Waals surface area contributed by atoms with Crippen LogP contribution < -0.4 is 9.13 Å². The molecule has 0 unspecified atom stereocenters. The number of imidazole rings is 2. The minimum Gasteiger partial charge on any atom is -0.230 e. The van der Waals surface area contributed by atoms with E-state index in [4.69, 9.17) is 0 Å². The van der Waals surface area contributed by atoms with E-state index >= 15 is 0 Å². The largest absolute Gasteiger partial charge is 0.244 e. The van der Waals surface area contributed by atoms with Gasteiger partial charge in [0.15, 0.2) is 22.1 Å². The minimum atomic E-state index is 0.987. The maximum absolute atomic E-state index is 2.33. The zero-order valence-corrected chi connectivity index (χ0v) is 16.2. The lowest BCUT2D eigenvalue weighted by Crippen LogP contribution is -2.30. The van der Waals surface area contributed by atoms with Crippen LogP contribution in [0.25, 0.3) is 33.2 Å². The zero-order valence-electron chi connectivity index (χ0n) is 16.2. The highest BCUT2D eigenvalue weighted by molar-refractivity contribution is 5.84. The van der Waals surface area contributed by atoms with Crippen molar-refractivity contribution in [3.63, 3.8) is 0 Å². The molecule has 4 aromatic rings. The van der Waals surface area contributed by atoms with Gasteiger partial charge in [-0.15, -0.1) is 0 Å². The molecule has 0 aliphatic carbocycles. The quantitative estimate of drug-likeness (QED) is 0.487. The highest BCUT2D eigenvalue weighted by Gasteiger charge is 2.17. The molecule has 0 spiro atoms. The van der Waals surface area contributed by atoms with E-state index in [-0.39, 0.29) is 0 Å². The lowest BCUT2D eigenvalue weighted by atomic mass is 10.0. The topological polar surface area (TPSA) is 17.6 Å². The predicted molar refractivity (Wildman–Crippen MR) is 106 cm³/mol. The van der Waals surface area contributed by atoms with Crippen LogP contribution in [0.5, 0.6) is 0 Å². The molecule has 0 radical (unpaired) electrons. The molecule has 2 aromatic heterocycles. The monoisotopic (exact) mass is 348 g/mol. The van der Waals surface area contributed by atoms with Gasteiger partial charge in [0, 0.05) is 0 Å². The molecule has 4 heteroatoms. The predicted octanol–water partition coefficient (Wildman–Crippen LogP) is 3.92. The van der Waals surface area contributed by atoms with Crippen molar-refractivity contribution in [2.24, 2.45) is 0 Å². The van der Waals surface area contributed by atoms with Crippen molar-refractivity contribution in [3.05, 3.63) is 49.1 Å². The van der Waals surface area contributed by atoms with Crippen LogP contribution >= 0.6 is 0 Å². The Morgan fingerprint density at radius 1 is 0.654 bits per heavy atom. The van der Waals surface area contributed by atoms with Crippen molar-refractivity contribution in [1.29, 1.82) is 0 Å². The van der Waals surface area contributed by atoms with Crippen molar-refractivity contribution >= 4 is 22.1 Å². The molecule has 0 saturated carbocycles. The van der Waals surface area contributed by atoms with Gasteiger partial charge in [-0.3, -0.25) is 0 Å². The van der Waals surface area contributed by atoms with E-state index in [0.29, 0.717) is 0 Å². The summed E-state index contributed by atoms with van der Waals surface area (Å²) in [6.07, 6.45) is 4.45. The first-order chi connectivity index (χ1) is 12.7. The second kappa shape index (κ2) is 6.60. The van der Waals surface area contributed by atoms with Crippen LogP contribution in [-0.4, -0.2) is 9.13 Å². The molecule has 0 atom stereocenters. The van der Waals surface area contributed by atoms with Gasteiger partial charge in [0.25, 0.3) is 0 Å². The number of benzene rings is 2. The average Bonchev–Trinajstić information content (AvgIpc) is 3.24. The molecule has 0 N–H and O–H groups in total. The van der Waals surface area contributed by atoms with Crippen LogP contribution in [0.3, 0.4) is 0 Å². The smallest absolute Gasteiger partial charge is 0.230 e. The summed E-state index contributed by atoms with van der Waals surface area (Å²) in [5.41, 5.74) is 7.78. The zero-order chi connectivity index (χ0) is 18.3. The summed E-state index contributed by atoms with van der Waals surface area (Å²) >= 11 is 0. The lowest BCUT2D eigenvalue weighted by molar-refractivity contribution is -0.668. The van der Waals surface area contributed by atoms with Crippen LogP contribution in [0, 0.1) is 0 Å². The van der Waals surface area contributed by atoms with Gasteiger partial charge in [0.1, 0.15) is 0 Å². The fourth-order valence-corrected chi connectivity index (χ4v) is 3.95. The second-order valence-electron chi connectivity index (χ2n) is 6.78. The van der Waals surface area contributed by atoms with Gasteiger partial charge in [-0.2, -0.15) is 0 Å². The van der Waals surface area contributed by atoms with E-state index in [2.05, 4.69) is 95.0 Å². The summed E-state index contributed by atoms with van der Waals surface area (Å²) < 4.78 is 9.30. The summed E-state index contributed by atoms with van der Waals surface area (Å²) in [5.74, 6) is 0. The standard InChI is InChI=1S/C22H28N4/c1-5-23-15-25(7-3)21-13-17(9-11-19(21)23)18-10-12-20-22(14-18)26(8-4)16-24(20)6-2/h9-16H,5-8H2,1-4H3/q+2. The lowest BCUT2D eigenvalue weighted by Gasteiger charge is -2.02. The fraction of sp³-hybridized carbons (Fsp3) is 0.364.